The van der Waals surface area contributed by atoms with Crippen LogP contribution in [0.1, 0.15) is 59.7 Å². The van der Waals surface area contributed by atoms with Crippen molar-refractivity contribution in [2.45, 2.75) is 67.1 Å². The van der Waals surface area contributed by atoms with E-state index >= 15 is 0 Å². The van der Waals surface area contributed by atoms with Crippen LogP contribution in [0.5, 0.6) is 5.88 Å². The van der Waals surface area contributed by atoms with E-state index in [1.165, 1.54) is 0 Å². The summed E-state index contributed by atoms with van der Waals surface area (Å²) in [5, 5.41) is 7.07. The molecule has 0 bridgehead atoms. The number of amides is 1. The molecular formula is C21H38N4O3. The SMILES string of the molecule is C=C.C=N/C(=C\C)c1c(C)nn(C)c1OC(C)CNC(=O)OC(C)(C)C.CC. The molecule has 0 saturated heterocycles. The first-order valence-corrected chi connectivity index (χ1v) is 9.39. The lowest BCUT2D eigenvalue weighted by atomic mass is 10.2. The molecule has 0 fully saturated rings. The highest BCUT2D eigenvalue weighted by molar-refractivity contribution is 5.72. The standard InChI is InChI=1S/C17H28N4O3.C2H6.C2H4/c1-9-13(18-7)14-12(3)20-21(8)15(14)23-11(2)10-19-16(22)24-17(4,5)6;2*1-2/h9,11H,7,10H2,1-6,8H3,(H,19,22);1-2H3;1-2H2/b13-9-;;. The lowest BCUT2D eigenvalue weighted by Gasteiger charge is -2.21. The minimum atomic E-state index is -0.531. The van der Waals surface area contributed by atoms with Crippen molar-refractivity contribution in [3.05, 3.63) is 30.5 Å². The summed E-state index contributed by atoms with van der Waals surface area (Å²) in [6, 6.07) is 0. The molecule has 0 aliphatic carbocycles. The third kappa shape index (κ3) is 9.39. The monoisotopic (exact) mass is 394 g/mol. The van der Waals surface area contributed by atoms with Gasteiger partial charge in [0.15, 0.2) is 0 Å². The molecule has 1 amide bonds. The number of aliphatic imine (C=N–C) groups is 1. The Morgan fingerprint density at radius 2 is 1.89 bits per heavy atom. The zero-order valence-corrected chi connectivity index (χ0v) is 19.0. The van der Waals surface area contributed by atoms with Gasteiger partial charge in [-0.3, -0.25) is 4.99 Å². The molecule has 1 N–H and O–H groups in total. The highest BCUT2D eigenvalue weighted by atomic mass is 16.6. The predicted molar refractivity (Wildman–Crippen MR) is 118 cm³/mol. The second-order valence-electron chi connectivity index (χ2n) is 6.53. The number of aryl methyl sites for hydroxylation is 2. The van der Waals surface area contributed by atoms with Gasteiger partial charge < -0.3 is 14.8 Å². The number of nitrogens with one attached hydrogen (secondary N) is 1. The predicted octanol–water partition coefficient (Wildman–Crippen LogP) is 4.91. The highest BCUT2D eigenvalue weighted by Gasteiger charge is 2.21. The Bertz CT molecular complexity index is 643. The van der Waals surface area contributed by atoms with E-state index in [0.717, 1.165) is 11.3 Å². The maximum atomic E-state index is 11.7. The number of carbonyl (C=O) groups is 1. The molecule has 28 heavy (non-hydrogen) atoms. The number of alkyl carbamates (subject to hydrolysis) is 1. The van der Waals surface area contributed by atoms with Gasteiger partial charge in [0.25, 0.3) is 0 Å². The van der Waals surface area contributed by atoms with Crippen LogP contribution >= 0.6 is 0 Å². The molecule has 0 spiro atoms. The van der Waals surface area contributed by atoms with Crippen LogP contribution in [0.3, 0.4) is 0 Å². The third-order valence-corrected chi connectivity index (χ3v) is 3.12. The first-order chi connectivity index (χ1) is 13.1. The fourth-order valence-corrected chi connectivity index (χ4v) is 2.16. The molecule has 1 rings (SSSR count). The van der Waals surface area contributed by atoms with Gasteiger partial charge in [-0.2, -0.15) is 5.10 Å². The van der Waals surface area contributed by atoms with E-state index in [0.29, 0.717) is 18.1 Å². The smallest absolute Gasteiger partial charge is 0.407 e. The topological polar surface area (TPSA) is 77.7 Å². The molecule has 7 heteroatoms. The number of rotatable bonds is 6. The van der Waals surface area contributed by atoms with Crippen molar-refractivity contribution in [1.82, 2.24) is 15.1 Å². The summed E-state index contributed by atoms with van der Waals surface area (Å²) in [7, 11) is 1.80. The number of allylic oxidation sites excluding steroid dienone is 1. The van der Waals surface area contributed by atoms with Gasteiger partial charge in [0.1, 0.15) is 11.7 Å². The van der Waals surface area contributed by atoms with E-state index < -0.39 is 11.7 Å². The summed E-state index contributed by atoms with van der Waals surface area (Å²) < 4.78 is 12.8. The Morgan fingerprint density at radius 1 is 1.36 bits per heavy atom. The molecule has 1 heterocycles. The van der Waals surface area contributed by atoms with Gasteiger partial charge in [0.05, 0.1) is 23.5 Å². The van der Waals surface area contributed by atoms with Crippen LogP contribution in [0.4, 0.5) is 4.79 Å². The van der Waals surface area contributed by atoms with Crippen molar-refractivity contribution in [3.63, 3.8) is 0 Å². The average Bonchev–Trinajstić information content (AvgIpc) is 2.90. The van der Waals surface area contributed by atoms with E-state index in [2.05, 4.69) is 35.3 Å². The van der Waals surface area contributed by atoms with Crippen molar-refractivity contribution in [2.24, 2.45) is 12.0 Å². The fraction of sp³-hybridized carbons (Fsp3) is 0.571. The molecular weight excluding hydrogens is 356 g/mol. The van der Waals surface area contributed by atoms with E-state index in [4.69, 9.17) is 9.47 Å². The quantitative estimate of drug-likeness (QED) is 0.549. The van der Waals surface area contributed by atoms with E-state index in [1.807, 2.05) is 61.5 Å². The van der Waals surface area contributed by atoms with Crippen LogP contribution in [-0.2, 0) is 11.8 Å². The molecule has 0 aromatic carbocycles. The molecule has 0 aliphatic heterocycles. The Morgan fingerprint density at radius 3 is 2.32 bits per heavy atom. The fourth-order valence-electron chi connectivity index (χ4n) is 2.16. The van der Waals surface area contributed by atoms with E-state index in [-0.39, 0.29) is 6.10 Å². The van der Waals surface area contributed by atoms with Crippen LogP contribution in [0.25, 0.3) is 5.70 Å². The zero-order valence-electron chi connectivity index (χ0n) is 19.0. The number of nitrogens with zero attached hydrogens (tertiary/aromatic N) is 3. The van der Waals surface area contributed by atoms with Crippen molar-refractivity contribution in [2.75, 3.05) is 6.54 Å². The van der Waals surface area contributed by atoms with Crippen LogP contribution < -0.4 is 10.1 Å². The molecule has 0 saturated carbocycles. The van der Waals surface area contributed by atoms with Crippen molar-refractivity contribution in [1.29, 1.82) is 0 Å². The Labute approximate surface area is 170 Å². The van der Waals surface area contributed by atoms with Crippen LogP contribution in [0, 0.1) is 6.92 Å². The highest BCUT2D eigenvalue weighted by Crippen LogP contribution is 2.30. The summed E-state index contributed by atoms with van der Waals surface area (Å²) >= 11 is 0. The van der Waals surface area contributed by atoms with Gasteiger partial charge in [-0.1, -0.05) is 19.9 Å². The molecule has 1 atom stereocenters. The van der Waals surface area contributed by atoms with Gasteiger partial charge >= 0.3 is 6.09 Å². The summed E-state index contributed by atoms with van der Waals surface area (Å²) in [6.45, 7) is 25.0. The number of hydrogen-bond donors (Lipinski definition) is 1. The van der Waals surface area contributed by atoms with Crippen molar-refractivity contribution < 1.29 is 14.3 Å². The minimum absolute atomic E-state index is 0.269. The number of carbonyl (C=O) groups excluding carboxylic acids is 1. The molecule has 7 nitrogen and oxygen atoms in total. The molecule has 1 aromatic rings. The number of hydrogen-bond acceptors (Lipinski definition) is 5. The van der Waals surface area contributed by atoms with Gasteiger partial charge in [-0.15, -0.1) is 13.2 Å². The van der Waals surface area contributed by atoms with Gasteiger partial charge in [-0.25, -0.2) is 9.48 Å². The normalized spacial score (nSPS) is 11.8. The lowest BCUT2D eigenvalue weighted by Crippen LogP contribution is -2.38. The first kappa shape index (κ1) is 27.6. The summed E-state index contributed by atoms with van der Waals surface area (Å²) in [6.07, 6.45) is 1.11. The molecule has 0 radical (unpaired) electrons. The van der Waals surface area contributed by atoms with Gasteiger partial charge in [0, 0.05) is 7.05 Å². The van der Waals surface area contributed by atoms with Crippen LogP contribution in [0.15, 0.2) is 24.2 Å². The van der Waals surface area contributed by atoms with E-state index in [1.54, 1.807) is 11.7 Å². The van der Waals surface area contributed by atoms with Gasteiger partial charge in [0.2, 0.25) is 5.88 Å². The maximum Gasteiger partial charge on any atom is 0.407 e. The average molecular weight is 395 g/mol. The Hall–Kier alpha value is -2.57. The third-order valence-electron chi connectivity index (χ3n) is 3.12. The summed E-state index contributed by atoms with van der Waals surface area (Å²) in [5.41, 5.74) is 1.79. The first-order valence-electron chi connectivity index (χ1n) is 9.39. The number of ether oxygens (including phenoxy) is 2. The second-order valence-corrected chi connectivity index (χ2v) is 6.53. The van der Waals surface area contributed by atoms with Crippen LogP contribution in [-0.4, -0.2) is 40.8 Å². The van der Waals surface area contributed by atoms with Crippen LogP contribution in [0.2, 0.25) is 0 Å². The molecule has 1 unspecified atom stereocenters. The molecule has 0 aliphatic rings. The molecule has 160 valence electrons. The van der Waals surface area contributed by atoms with Gasteiger partial charge in [-0.05, 0) is 48.3 Å². The lowest BCUT2D eigenvalue weighted by molar-refractivity contribution is 0.0503. The summed E-state index contributed by atoms with van der Waals surface area (Å²) in [4.78, 5) is 15.7. The Kier molecular flexibility index (Phi) is 13.4. The summed E-state index contributed by atoms with van der Waals surface area (Å²) in [5.74, 6) is 0.589. The largest absolute Gasteiger partial charge is 0.472 e. The van der Waals surface area contributed by atoms with E-state index in [9.17, 15) is 4.79 Å². The van der Waals surface area contributed by atoms with Crippen molar-refractivity contribution >= 4 is 18.5 Å². The maximum absolute atomic E-state index is 11.7. The second kappa shape index (κ2) is 13.6. The molecule has 1 aromatic heterocycles. The minimum Gasteiger partial charge on any atom is -0.472 e. The Balaban J connectivity index is 0. The van der Waals surface area contributed by atoms with Crippen molar-refractivity contribution in [3.8, 4) is 5.88 Å². The zero-order chi connectivity index (χ0) is 22.5. The number of aromatic nitrogens is 2.